The van der Waals surface area contributed by atoms with Gasteiger partial charge in [-0.2, -0.15) is 0 Å². The summed E-state index contributed by atoms with van der Waals surface area (Å²) in [6, 6.07) is 8.90. The number of nitrogens with two attached hydrogens (primary N) is 1. The maximum Gasteiger partial charge on any atom is 0.407 e. The second kappa shape index (κ2) is 15.4. The van der Waals surface area contributed by atoms with E-state index in [0.717, 1.165) is 44.1 Å². The minimum absolute atomic E-state index is 0.153. The Balaban J connectivity index is 2.07. The van der Waals surface area contributed by atoms with Crippen molar-refractivity contribution in [3.05, 3.63) is 35.9 Å². The highest BCUT2D eigenvalue weighted by Gasteiger charge is 2.17. The van der Waals surface area contributed by atoms with Gasteiger partial charge in [0.05, 0.1) is 0 Å². The van der Waals surface area contributed by atoms with Crippen molar-refractivity contribution in [2.45, 2.75) is 77.4 Å². The van der Waals surface area contributed by atoms with E-state index in [1.165, 1.54) is 0 Å². The molecule has 7 heteroatoms. The Morgan fingerprint density at radius 2 is 1.72 bits per heavy atom. The molecule has 1 atom stereocenters. The summed E-state index contributed by atoms with van der Waals surface area (Å²) in [5, 5.41) is 5.43. The summed E-state index contributed by atoms with van der Waals surface area (Å²) >= 11 is 0. The lowest BCUT2D eigenvalue weighted by atomic mass is 10.1. The van der Waals surface area contributed by atoms with E-state index >= 15 is 0 Å². The number of hydrogen-bond acceptors (Lipinski definition) is 4. The van der Waals surface area contributed by atoms with Gasteiger partial charge in [-0.25, -0.2) is 4.79 Å². The van der Waals surface area contributed by atoms with Crippen LogP contribution >= 0.6 is 0 Å². The molecule has 1 aromatic rings. The molecule has 1 rings (SSSR count). The Bertz CT molecular complexity index is 607. The van der Waals surface area contributed by atoms with Crippen molar-refractivity contribution in [2.24, 2.45) is 5.73 Å². The van der Waals surface area contributed by atoms with Crippen LogP contribution in [0.25, 0.3) is 0 Å². The second-order valence-corrected chi connectivity index (χ2v) is 7.17. The molecule has 0 aromatic heterocycles. The number of hydrogen-bond donors (Lipinski definition) is 3. The lowest BCUT2D eigenvalue weighted by molar-refractivity contribution is -0.127. The van der Waals surface area contributed by atoms with Gasteiger partial charge in [-0.3, -0.25) is 9.59 Å². The van der Waals surface area contributed by atoms with Crippen LogP contribution in [0.2, 0.25) is 0 Å². The molecule has 0 fully saturated rings. The van der Waals surface area contributed by atoms with E-state index in [1.54, 1.807) is 0 Å². The molecule has 0 aliphatic carbocycles. The number of alkyl carbamates (subject to hydrolysis) is 1. The van der Waals surface area contributed by atoms with Gasteiger partial charge < -0.3 is 21.1 Å². The maximum atomic E-state index is 12.0. The van der Waals surface area contributed by atoms with Gasteiger partial charge in [0.1, 0.15) is 12.6 Å². The van der Waals surface area contributed by atoms with Gasteiger partial charge in [0.15, 0.2) is 0 Å². The number of unbranched alkanes of at least 4 members (excludes halogenated alkanes) is 5. The van der Waals surface area contributed by atoms with Crippen LogP contribution in [0.15, 0.2) is 30.3 Å². The van der Waals surface area contributed by atoms with E-state index in [0.29, 0.717) is 25.8 Å². The Morgan fingerprint density at radius 1 is 1.00 bits per heavy atom. The Labute approximate surface area is 173 Å². The molecule has 0 aliphatic rings. The second-order valence-electron chi connectivity index (χ2n) is 7.17. The smallest absolute Gasteiger partial charge is 0.407 e. The molecule has 0 saturated heterocycles. The van der Waals surface area contributed by atoms with Crippen LogP contribution in [0.3, 0.4) is 0 Å². The van der Waals surface area contributed by atoms with E-state index in [-0.39, 0.29) is 12.5 Å². The number of carbonyl (C=O) groups is 3. The number of amides is 3. The van der Waals surface area contributed by atoms with Crippen molar-refractivity contribution in [2.75, 3.05) is 6.54 Å². The van der Waals surface area contributed by atoms with Crippen molar-refractivity contribution in [3.63, 3.8) is 0 Å². The first-order chi connectivity index (χ1) is 14.0. The molecule has 0 bridgehead atoms. The van der Waals surface area contributed by atoms with E-state index in [2.05, 4.69) is 17.6 Å². The zero-order valence-electron chi connectivity index (χ0n) is 17.5. The van der Waals surface area contributed by atoms with E-state index in [1.807, 2.05) is 30.3 Å². The Hall–Kier alpha value is -2.57. The summed E-state index contributed by atoms with van der Waals surface area (Å²) < 4.78 is 5.13. The normalized spacial score (nSPS) is 11.5. The zero-order valence-corrected chi connectivity index (χ0v) is 17.5. The largest absolute Gasteiger partial charge is 0.445 e. The number of primary amides is 1. The van der Waals surface area contributed by atoms with Crippen LogP contribution in [0, 0.1) is 0 Å². The molecular weight excluding hydrogens is 370 g/mol. The summed E-state index contributed by atoms with van der Waals surface area (Å²) in [6.45, 7) is 2.86. The van der Waals surface area contributed by atoms with Crippen LogP contribution in [0.5, 0.6) is 0 Å². The number of ether oxygens (including phenoxy) is 1. The van der Waals surface area contributed by atoms with Gasteiger partial charge in [-0.1, -0.05) is 69.4 Å². The third-order valence-corrected chi connectivity index (χ3v) is 4.59. The van der Waals surface area contributed by atoms with Crippen LogP contribution in [-0.4, -0.2) is 30.5 Å². The summed E-state index contributed by atoms with van der Waals surface area (Å²) in [5.41, 5.74) is 6.32. The van der Waals surface area contributed by atoms with Gasteiger partial charge in [0.25, 0.3) is 0 Å². The van der Waals surface area contributed by atoms with Gasteiger partial charge in [-0.05, 0) is 24.8 Å². The highest BCUT2D eigenvalue weighted by atomic mass is 16.5. The molecule has 3 amide bonds. The van der Waals surface area contributed by atoms with Crippen molar-refractivity contribution >= 4 is 17.9 Å². The zero-order chi connectivity index (χ0) is 21.3. The van der Waals surface area contributed by atoms with Crippen LogP contribution in [0.1, 0.15) is 70.3 Å². The molecule has 4 N–H and O–H groups in total. The number of nitrogens with one attached hydrogen (secondary N) is 2. The third-order valence-electron chi connectivity index (χ3n) is 4.59. The molecule has 0 unspecified atom stereocenters. The Kier molecular flexibility index (Phi) is 13.0. The molecule has 0 spiro atoms. The maximum absolute atomic E-state index is 12.0. The molecule has 1 aromatic carbocycles. The van der Waals surface area contributed by atoms with Gasteiger partial charge in [0.2, 0.25) is 11.8 Å². The lowest BCUT2D eigenvalue weighted by Gasteiger charge is -2.15. The fourth-order valence-corrected chi connectivity index (χ4v) is 2.88. The molecule has 0 saturated carbocycles. The van der Waals surface area contributed by atoms with Gasteiger partial charge in [0, 0.05) is 13.0 Å². The first kappa shape index (κ1) is 24.5. The summed E-state index contributed by atoms with van der Waals surface area (Å²) in [4.78, 5) is 35.1. The average molecular weight is 406 g/mol. The first-order valence-corrected chi connectivity index (χ1v) is 10.6. The average Bonchev–Trinajstić information content (AvgIpc) is 2.71. The monoisotopic (exact) mass is 405 g/mol. The summed E-state index contributed by atoms with van der Waals surface area (Å²) in [6.07, 6.45) is 6.89. The molecular formula is C22H35N3O4. The third kappa shape index (κ3) is 12.5. The standard InChI is InChI=1S/C22H35N3O4/c1-2-3-4-9-14-19(21(23)27)25-20(26)15-10-6-11-16-24-22(28)29-17-18-12-7-5-8-13-18/h5,7-8,12-13,19H,2-4,6,9-11,14-17H2,1H3,(H2,23,27)(H,24,28)(H,25,26)/t19-/m1/s1. The summed E-state index contributed by atoms with van der Waals surface area (Å²) in [7, 11) is 0. The topological polar surface area (TPSA) is 111 Å². The van der Waals surface area contributed by atoms with Crippen molar-refractivity contribution in [1.82, 2.24) is 10.6 Å². The first-order valence-electron chi connectivity index (χ1n) is 10.6. The highest BCUT2D eigenvalue weighted by Crippen LogP contribution is 2.07. The summed E-state index contributed by atoms with van der Waals surface area (Å²) in [5.74, 6) is -0.632. The quantitative estimate of drug-likeness (QED) is 0.388. The molecule has 162 valence electrons. The fraction of sp³-hybridized carbons (Fsp3) is 0.591. The number of rotatable bonds is 15. The van der Waals surface area contributed by atoms with E-state index in [4.69, 9.17) is 10.5 Å². The van der Waals surface area contributed by atoms with Crippen LogP contribution < -0.4 is 16.4 Å². The molecule has 0 heterocycles. The van der Waals surface area contributed by atoms with Crippen LogP contribution in [-0.2, 0) is 20.9 Å². The Morgan fingerprint density at radius 3 is 2.41 bits per heavy atom. The van der Waals surface area contributed by atoms with Crippen molar-refractivity contribution < 1.29 is 19.1 Å². The van der Waals surface area contributed by atoms with E-state index in [9.17, 15) is 14.4 Å². The molecule has 0 radical (unpaired) electrons. The minimum Gasteiger partial charge on any atom is -0.445 e. The lowest BCUT2D eigenvalue weighted by Crippen LogP contribution is -2.44. The predicted molar refractivity (Wildman–Crippen MR) is 113 cm³/mol. The van der Waals surface area contributed by atoms with Gasteiger partial charge >= 0.3 is 6.09 Å². The SMILES string of the molecule is CCCCCC[C@@H](NC(=O)CCCCCNC(=O)OCc1ccccc1)C(N)=O. The predicted octanol–water partition coefficient (Wildman–Crippen LogP) is 3.41. The highest BCUT2D eigenvalue weighted by molar-refractivity contribution is 5.86. The molecule has 29 heavy (non-hydrogen) atoms. The van der Waals surface area contributed by atoms with Crippen molar-refractivity contribution in [1.29, 1.82) is 0 Å². The number of carbonyl (C=O) groups excluding carboxylic acids is 3. The molecule has 0 aliphatic heterocycles. The fourth-order valence-electron chi connectivity index (χ4n) is 2.88. The van der Waals surface area contributed by atoms with Crippen molar-refractivity contribution in [3.8, 4) is 0 Å². The van der Waals surface area contributed by atoms with E-state index < -0.39 is 18.0 Å². The van der Waals surface area contributed by atoms with Gasteiger partial charge in [-0.15, -0.1) is 0 Å². The molecule has 7 nitrogen and oxygen atoms in total. The number of benzene rings is 1. The minimum atomic E-state index is -0.583. The van der Waals surface area contributed by atoms with Crippen LogP contribution in [0.4, 0.5) is 4.79 Å².